The summed E-state index contributed by atoms with van der Waals surface area (Å²) in [7, 11) is 5.01. The highest BCUT2D eigenvalue weighted by Crippen LogP contribution is 2.27. The molecule has 6 unspecified atom stereocenters. The molecule has 9 nitrogen and oxygen atoms in total. The molecule has 0 radical (unpaired) electrons. The number of hydrogen-bond donors (Lipinski definition) is 3. The molecule has 1 rings (SSSR count). The molecule has 0 saturated carbocycles. The highest BCUT2D eigenvalue weighted by Gasteiger charge is 2.38. The van der Waals surface area contributed by atoms with Crippen LogP contribution < -0.4 is 16.0 Å². The van der Waals surface area contributed by atoms with Gasteiger partial charge in [0.25, 0.3) is 0 Å². The average molecular weight is 499 g/mol. The smallest absolute Gasteiger partial charge is 0.239 e. The fourth-order valence-corrected chi connectivity index (χ4v) is 5.10. The minimum atomic E-state index is -0.473. The molecule has 1 saturated heterocycles. The third-order valence-corrected chi connectivity index (χ3v) is 7.28. The van der Waals surface area contributed by atoms with Crippen LogP contribution in [0, 0.1) is 17.8 Å². The number of carbonyl (C=O) groups excluding carboxylic acids is 3. The number of ether oxygens (including phenoxy) is 2. The van der Waals surface area contributed by atoms with Crippen LogP contribution in [0.4, 0.5) is 0 Å². The highest BCUT2D eigenvalue weighted by atomic mass is 16.5. The van der Waals surface area contributed by atoms with Crippen molar-refractivity contribution in [2.75, 3.05) is 34.4 Å². The monoisotopic (exact) mass is 498 g/mol. The van der Waals surface area contributed by atoms with E-state index in [1.165, 1.54) is 0 Å². The highest BCUT2D eigenvalue weighted by molar-refractivity contribution is 5.87. The molecule has 1 heterocycles. The molecule has 1 aliphatic rings. The first-order chi connectivity index (χ1) is 16.5. The first kappa shape index (κ1) is 31.3. The standard InChI is InChI=1S/C26H50N4O5/c1-10-18(6)24(29-21(31)15-28-26(33)23(27-7)16(2)3)20(34-8)14-22(32)30-13-11-12-19(30)25(35-9)17(4)5/h16-20,23-25,27H,10-15H2,1-9H3,(H,28,33)(H,29,31). The van der Waals surface area contributed by atoms with Crippen molar-refractivity contribution in [2.24, 2.45) is 17.8 Å². The molecule has 0 spiro atoms. The third kappa shape index (κ3) is 9.03. The van der Waals surface area contributed by atoms with Crippen molar-refractivity contribution in [3.05, 3.63) is 0 Å². The zero-order valence-corrected chi connectivity index (χ0v) is 23.3. The van der Waals surface area contributed by atoms with E-state index in [9.17, 15) is 14.4 Å². The maximum Gasteiger partial charge on any atom is 0.239 e. The molecule has 6 atom stereocenters. The summed E-state index contributed by atoms with van der Waals surface area (Å²) < 4.78 is 11.5. The lowest BCUT2D eigenvalue weighted by Crippen LogP contribution is -2.54. The average Bonchev–Trinajstić information content (AvgIpc) is 3.29. The molecule has 9 heteroatoms. The van der Waals surface area contributed by atoms with Crippen LogP contribution in [0.25, 0.3) is 0 Å². The zero-order valence-electron chi connectivity index (χ0n) is 23.3. The molecule has 0 aliphatic carbocycles. The summed E-state index contributed by atoms with van der Waals surface area (Å²) in [4.78, 5) is 40.5. The number of hydrogen-bond acceptors (Lipinski definition) is 6. The Balaban J connectivity index is 2.87. The Bertz CT molecular complexity index is 672. The number of amides is 3. The van der Waals surface area contributed by atoms with Crippen molar-refractivity contribution >= 4 is 17.7 Å². The largest absolute Gasteiger partial charge is 0.379 e. The van der Waals surface area contributed by atoms with Crippen LogP contribution in [0.15, 0.2) is 0 Å². The minimum absolute atomic E-state index is 0.0107. The lowest BCUT2D eigenvalue weighted by molar-refractivity contribution is -0.139. The summed E-state index contributed by atoms with van der Waals surface area (Å²) in [6.07, 6.45) is 2.39. The predicted molar refractivity (Wildman–Crippen MR) is 138 cm³/mol. The zero-order chi connectivity index (χ0) is 26.7. The van der Waals surface area contributed by atoms with Crippen molar-refractivity contribution in [2.45, 2.75) is 97.6 Å². The molecular weight excluding hydrogens is 448 g/mol. The second-order valence-electron chi connectivity index (χ2n) is 10.4. The van der Waals surface area contributed by atoms with Gasteiger partial charge in [-0.2, -0.15) is 0 Å². The second kappa shape index (κ2) is 15.4. The Morgan fingerprint density at radius 1 is 1.03 bits per heavy atom. The Hall–Kier alpha value is -1.71. The van der Waals surface area contributed by atoms with Crippen LogP contribution in [-0.4, -0.2) is 87.3 Å². The van der Waals surface area contributed by atoms with Crippen molar-refractivity contribution in [3.63, 3.8) is 0 Å². The summed E-state index contributed by atoms with van der Waals surface area (Å²) in [6, 6.07) is -0.668. The van der Waals surface area contributed by atoms with Crippen LogP contribution in [0.1, 0.15) is 67.2 Å². The molecular formula is C26H50N4O5. The van der Waals surface area contributed by atoms with Gasteiger partial charge in [-0.25, -0.2) is 0 Å². The molecule has 0 bridgehead atoms. The fraction of sp³-hybridized carbons (Fsp3) is 0.885. The van der Waals surface area contributed by atoms with E-state index in [0.717, 1.165) is 19.3 Å². The van der Waals surface area contributed by atoms with E-state index in [0.29, 0.717) is 12.5 Å². The SMILES string of the molecule is CCC(C)C(NC(=O)CNC(=O)C(NC)C(C)C)C(CC(=O)N1CCCC1C(OC)C(C)C)OC. The van der Waals surface area contributed by atoms with Gasteiger partial charge in [-0.3, -0.25) is 14.4 Å². The number of carbonyl (C=O) groups is 3. The summed E-state index contributed by atoms with van der Waals surface area (Å²) in [6.45, 7) is 12.8. The number of likely N-dealkylation sites (tertiary alicyclic amines) is 1. The van der Waals surface area contributed by atoms with Crippen molar-refractivity contribution in [3.8, 4) is 0 Å². The summed E-state index contributed by atoms with van der Waals surface area (Å²) >= 11 is 0. The molecule has 3 amide bonds. The Labute approximate surface area is 212 Å². The maximum atomic E-state index is 13.4. The quantitative estimate of drug-likeness (QED) is 0.318. The van der Waals surface area contributed by atoms with E-state index >= 15 is 0 Å². The van der Waals surface area contributed by atoms with Crippen LogP contribution >= 0.6 is 0 Å². The topological polar surface area (TPSA) is 109 Å². The van der Waals surface area contributed by atoms with Crippen molar-refractivity contribution in [1.82, 2.24) is 20.9 Å². The second-order valence-corrected chi connectivity index (χ2v) is 10.4. The number of likely N-dealkylation sites (N-methyl/N-ethyl adjacent to an activating group) is 1. The van der Waals surface area contributed by atoms with E-state index in [2.05, 4.69) is 29.8 Å². The van der Waals surface area contributed by atoms with Crippen LogP contribution in [-0.2, 0) is 23.9 Å². The lowest BCUT2D eigenvalue weighted by Gasteiger charge is -2.36. The number of nitrogens with one attached hydrogen (secondary N) is 3. The first-order valence-electron chi connectivity index (χ1n) is 13.1. The normalized spacial score (nSPS) is 20.4. The molecule has 0 aromatic carbocycles. The van der Waals surface area contributed by atoms with Gasteiger partial charge in [0.2, 0.25) is 17.7 Å². The molecule has 204 valence electrons. The molecule has 35 heavy (non-hydrogen) atoms. The number of methoxy groups -OCH3 is 2. The maximum absolute atomic E-state index is 13.4. The Kier molecular flexibility index (Phi) is 13.8. The van der Waals surface area contributed by atoms with Crippen molar-refractivity contribution < 1.29 is 23.9 Å². The van der Waals surface area contributed by atoms with Crippen LogP contribution in [0.3, 0.4) is 0 Å². The summed E-state index contributed by atoms with van der Waals surface area (Å²) in [5.41, 5.74) is 0. The van der Waals surface area contributed by atoms with Gasteiger partial charge in [-0.15, -0.1) is 0 Å². The van der Waals surface area contributed by atoms with Gasteiger partial charge in [0, 0.05) is 20.8 Å². The third-order valence-electron chi connectivity index (χ3n) is 7.28. The summed E-state index contributed by atoms with van der Waals surface area (Å²) in [5, 5.41) is 8.71. The minimum Gasteiger partial charge on any atom is -0.379 e. The summed E-state index contributed by atoms with van der Waals surface area (Å²) in [5.74, 6) is 0.000545. The van der Waals surface area contributed by atoms with E-state index in [1.54, 1.807) is 21.3 Å². The van der Waals surface area contributed by atoms with Gasteiger partial charge in [0.05, 0.1) is 43.3 Å². The first-order valence-corrected chi connectivity index (χ1v) is 13.1. The molecule has 1 aliphatic heterocycles. The molecule has 3 N–H and O–H groups in total. The van der Waals surface area contributed by atoms with E-state index < -0.39 is 6.10 Å². The van der Waals surface area contributed by atoms with Gasteiger partial charge in [0.1, 0.15) is 0 Å². The van der Waals surface area contributed by atoms with E-state index in [4.69, 9.17) is 9.47 Å². The number of rotatable bonds is 15. The predicted octanol–water partition coefficient (Wildman–Crippen LogP) is 1.94. The van der Waals surface area contributed by atoms with Crippen molar-refractivity contribution in [1.29, 1.82) is 0 Å². The molecule has 0 aromatic heterocycles. The molecule has 0 aromatic rings. The van der Waals surface area contributed by atoms with Gasteiger partial charge >= 0.3 is 0 Å². The van der Waals surface area contributed by atoms with E-state index in [-0.39, 0.29) is 66.8 Å². The van der Waals surface area contributed by atoms with Gasteiger partial charge < -0.3 is 30.3 Å². The van der Waals surface area contributed by atoms with Gasteiger partial charge in [0.15, 0.2) is 0 Å². The van der Waals surface area contributed by atoms with Crippen LogP contribution in [0.2, 0.25) is 0 Å². The Morgan fingerprint density at radius 2 is 1.69 bits per heavy atom. The van der Waals surface area contributed by atoms with E-state index in [1.807, 2.05) is 32.6 Å². The molecule has 1 fully saturated rings. The number of nitrogens with zero attached hydrogens (tertiary/aromatic N) is 1. The van der Waals surface area contributed by atoms with Crippen LogP contribution in [0.5, 0.6) is 0 Å². The fourth-order valence-electron chi connectivity index (χ4n) is 5.10. The lowest BCUT2D eigenvalue weighted by atomic mass is 9.91. The van der Waals surface area contributed by atoms with Gasteiger partial charge in [-0.05, 0) is 37.6 Å². The van der Waals surface area contributed by atoms with Gasteiger partial charge in [-0.1, -0.05) is 48.0 Å². The Morgan fingerprint density at radius 3 is 2.17 bits per heavy atom.